The van der Waals surface area contributed by atoms with Crippen molar-refractivity contribution in [2.24, 2.45) is 0 Å². The molecule has 0 bridgehead atoms. The van der Waals surface area contributed by atoms with Gasteiger partial charge in [-0.25, -0.2) is 0 Å². The summed E-state index contributed by atoms with van der Waals surface area (Å²) >= 11 is 1.91. The maximum absolute atomic E-state index is 3.72. The van der Waals surface area contributed by atoms with Gasteiger partial charge in [-0.2, -0.15) is 11.8 Å². The van der Waals surface area contributed by atoms with Crippen molar-refractivity contribution in [2.75, 3.05) is 12.8 Å². The van der Waals surface area contributed by atoms with Crippen molar-refractivity contribution in [3.05, 3.63) is 59.7 Å². The van der Waals surface area contributed by atoms with E-state index in [9.17, 15) is 0 Å². The highest BCUT2D eigenvalue weighted by Gasteiger charge is 2.27. The standard InChI is InChI=1S/C17H19NS/c1-12(19-2)11-18-17-15-9-5-3-7-13(15)14-8-4-6-10-16(14)17/h3-10,12,17-18H,11H2,1-2H3. The number of hydrogen-bond acceptors (Lipinski definition) is 2. The third kappa shape index (κ3) is 2.31. The van der Waals surface area contributed by atoms with Gasteiger partial charge in [-0.1, -0.05) is 55.5 Å². The average Bonchev–Trinajstić information content (AvgIpc) is 2.79. The molecule has 0 saturated heterocycles. The van der Waals surface area contributed by atoms with E-state index in [4.69, 9.17) is 0 Å². The summed E-state index contributed by atoms with van der Waals surface area (Å²) in [6.45, 7) is 3.30. The van der Waals surface area contributed by atoms with Crippen molar-refractivity contribution < 1.29 is 0 Å². The van der Waals surface area contributed by atoms with E-state index in [-0.39, 0.29) is 0 Å². The summed E-state index contributed by atoms with van der Waals surface area (Å²) in [6, 6.07) is 17.8. The zero-order chi connectivity index (χ0) is 13.2. The third-order valence-electron chi connectivity index (χ3n) is 3.85. The van der Waals surface area contributed by atoms with E-state index in [1.165, 1.54) is 22.3 Å². The molecular weight excluding hydrogens is 250 g/mol. The SMILES string of the molecule is CSC(C)CNC1c2ccccc2-c2ccccc21. The van der Waals surface area contributed by atoms with Gasteiger partial charge >= 0.3 is 0 Å². The molecule has 1 unspecified atom stereocenters. The zero-order valence-electron chi connectivity index (χ0n) is 11.4. The Morgan fingerprint density at radius 3 is 2.05 bits per heavy atom. The molecule has 2 aromatic rings. The molecule has 0 amide bonds. The van der Waals surface area contributed by atoms with Crippen LogP contribution in [-0.2, 0) is 0 Å². The minimum Gasteiger partial charge on any atom is -0.305 e. The fraction of sp³-hybridized carbons (Fsp3) is 0.294. The van der Waals surface area contributed by atoms with Crippen molar-refractivity contribution in [1.29, 1.82) is 0 Å². The van der Waals surface area contributed by atoms with Crippen LogP contribution in [-0.4, -0.2) is 18.1 Å². The van der Waals surface area contributed by atoms with Crippen LogP contribution >= 0.6 is 11.8 Å². The van der Waals surface area contributed by atoms with Crippen LogP contribution in [0.4, 0.5) is 0 Å². The third-order valence-corrected chi connectivity index (χ3v) is 4.82. The summed E-state index contributed by atoms with van der Waals surface area (Å²) in [4.78, 5) is 0. The molecule has 0 heterocycles. The van der Waals surface area contributed by atoms with Gasteiger partial charge in [0.05, 0.1) is 6.04 Å². The lowest BCUT2D eigenvalue weighted by atomic mass is 10.1. The number of rotatable bonds is 4. The molecule has 0 aromatic heterocycles. The van der Waals surface area contributed by atoms with Crippen LogP contribution in [0.5, 0.6) is 0 Å². The Labute approximate surface area is 119 Å². The molecule has 0 radical (unpaired) electrons. The molecule has 0 aliphatic heterocycles. The lowest BCUT2D eigenvalue weighted by molar-refractivity contribution is 0.614. The second kappa shape index (κ2) is 5.40. The van der Waals surface area contributed by atoms with Gasteiger partial charge in [-0.05, 0) is 28.5 Å². The molecule has 3 rings (SSSR count). The van der Waals surface area contributed by atoms with Crippen molar-refractivity contribution in [2.45, 2.75) is 18.2 Å². The number of benzene rings is 2. The molecular formula is C17H19NS. The van der Waals surface area contributed by atoms with Crippen LogP contribution in [0.15, 0.2) is 48.5 Å². The monoisotopic (exact) mass is 269 g/mol. The van der Waals surface area contributed by atoms with Gasteiger partial charge in [-0.3, -0.25) is 0 Å². The second-order valence-electron chi connectivity index (χ2n) is 5.06. The molecule has 0 fully saturated rings. The summed E-state index contributed by atoms with van der Waals surface area (Å²) in [5, 5.41) is 4.36. The highest BCUT2D eigenvalue weighted by Crippen LogP contribution is 2.42. The Morgan fingerprint density at radius 2 is 1.53 bits per heavy atom. The Balaban J connectivity index is 1.96. The lowest BCUT2D eigenvalue weighted by Crippen LogP contribution is -2.27. The van der Waals surface area contributed by atoms with Gasteiger partial charge in [0, 0.05) is 11.8 Å². The van der Waals surface area contributed by atoms with Crippen LogP contribution in [0.1, 0.15) is 24.1 Å². The maximum Gasteiger partial charge on any atom is 0.0589 e. The number of hydrogen-bond donors (Lipinski definition) is 1. The van der Waals surface area contributed by atoms with Crippen LogP contribution in [0.2, 0.25) is 0 Å². The average molecular weight is 269 g/mol. The zero-order valence-corrected chi connectivity index (χ0v) is 12.2. The normalized spacial score (nSPS) is 15.1. The molecule has 1 aliphatic rings. The van der Waals surface area contributed by atoms with Crippen molar-refractivity contribution in [3.8, 4) is 11.1 Å². The van der Waals surface area contributed by atoms with E-state index in [0.717, 1.165) is 6.54 Å². The molecule has 0 spiro atoms. The quantitative estimate of drug-likeness (QED) is 0.897. The van der Waals surface area contributed by atoms with E-state index >= 15 is 0 Å². The molecule has 1 nitrogen and oxygen atoms in total. The van der Waals surface area contributed by atoms with Gasteiger partial charge in [0.1, 0.15) is 0 Å². The fourth-order valence-corrected chi connectivity index (χ4v) is 3.01. The number of thioether (sulfide) groups is 1. The Bertz CT molecular complexity index is 533. The van der Waals surface area contributed by atoms with Gasteiger partial charge < -0.3 is 5.32 Å². The molecule has 19 heavy (non-hydrogen) atoms. The summed E-state index contributed by atoms with van der Waals surface area (Å²) in [7, 11) is 0. The molecule has 2 aromatic carbocycles. The highest BCUT2D eigenvalue weighted by atomic mass is 32.2. The largest absolute Gasteiger partial charge is 0.305 e. The van der Waals surface area contributed by atoms with Crippen LogP contribution in [0, 0.1) is 0 Å². The van der Waals surface area contributed by atoms with E-state index in [0.29, 0.717) is 11.3 Å². The predicted octanol–water partition coefficient (Wildman–Crippen LogP) is 4.10. The minimum atomic E-state index is 0.349. The first-order valence-corrected chi connectivity index (χ1v) is 8.04. The van der Waals surface area contributed by atoms with Gasteiger partial charge in [-0.15, -0.1) is 0 Å². The van der Waals surface area contributed by atoms with Crippen molar-refractivity contribution in [3.63, 3.8) is 0 Å². The number of nitrogens with one attached hydrogen (secondary N) is 1. The van der Waals surface area contributed by atoms with Gasteiger partial charge in [0.15, 0.2) is 0 Å². The molecule has 1 N–H and O–H groups in total. The van der Waals surface area contributed by atoms with Crippen LogP contribution in [0.25, 0.3) is 11.1 Å². The summed E-state index contributed by atoms with van der Waals surface area (Å²) in [6.07, 6.45) is 2.17. The first kappa shape index (κ1) is 12.8. The van der Waals surface area contributed by atoms with Crippen LogP contribution in [0.3, 0.4) is 0 Å². The van der Waals surface area contributed by atoms with Gasteiger partial charge in [0.25, 0.3) is 0 Å². The first-order chi connectivity index (χ1) is 9.31. The van der Waals surface area contributed by atoms with Crippen LogP contribution < -0.4 is 5.32 Å². The minimum absolute atomic E-state index is 0.349. The lowest BCUT2D eigenvalue weighted by Gasteiger charge is -2.18. The molecule has 1 aliphatic carbocycles. The van der Waals surface area contributed by atoms with Crippen molar-refractivity contribution >= 4 is 11.8 Å². The molecule has 2 heteroatoms. The molecule has 0 saturated carbocycles. The summed E-state index contributed by atoms with van der Waals surface area (Å²) in [5.74, 6) is 0. The van der Waals surface area contributed by atoms with E-state index in [1.807, 2.05) is 11.8 Å². The summed E-state index contributed by atoms with van der Waals surface area (Å²) < 4.78 is 0. The Morgan fingerprint density at radius 1 is 1.00 bits per heavy atom. The fourth-order valence-electron chi connectivity index (χ4n) is 2.74. The predicted molar refractivity (Wildman–Crippen MR) is 84.7 cm³/mol. The molecule has 1 atom stereocenters. The topological polar surface area (TPSA) is 12.0 Å². The maximum atomic E-state index is 3.72. The first-order valence-electron chi connectivity index (χ1n) is 6.75. The summed E-state index contributed by atoms with van der Waals surface area (Å²) in [5.41, 5.74) is 5.59. The van der Waals surface area contributed by atoms with E-state index < -0.39 is 0 Å². The highest BCUT2D eigenvalue weighted by molar-refractivity contribution is 7.99. The van der Waals surface area contributed by atoms with Crippen molar-refractivity contribution in [1.82, 2.24) is 5.32 Å². The Kier molecular flexibility index (Phi) is 3.63. The second-order valence-corrected chi connectivity index (χ2v) is 6.34. The van der Waals surface area contributed by atoms with E-state index in [1.54, 1.807) is 0 Å². The smallest absolute Gasteiger partial charge is 0.0589 e. The van der Waals surface area contributed by atoms with E-state index in [2.05, 4.69) is 67.0 Å². The molecule has 98 valence electrons. The number of fused-ring (bicyclic) bond motifs is 3. The van der Waals surface area contributed by atoms with Gasteiger partial charge in [0.2, 0.25) is 0 Å². The Hall–Kier alpha value is -1.25.